The molecule has 0 atom stereocenters. The molecule has 9 heteroatoms. The van der Waals surface area contributed by atoms with E-state index in [1.54, 1.807) is 10.9 Å². The quantitative estimate of drug-likeness (QED) is 0.469. The molecule has 1 N–H and O–H groups in total. The molecule has 1 aromatic heterocycles. The van der Waals surface area contributed by atoms with Gasteiger partial charge in [0.05, 0.1) is 12.8 Å². The molecule has 0 fully saturated rings. The molecule has 0 spiro atoms. The van der Waals surface area contributed by atoms with Crippen LogP contribution in [-0.2, 0) is 6.61 Å². The van der Waals surface area contributed by atoms with Gasteiger partial charge in [0.1, 0.15) is 12.4 Å². The van der Waals surface area contributed by atoms with Gasteiger partial charge in [0.25, 0.3) is 0 Å². The molecule has 3 aromatic rings. The van der Waals surface area contributed by atoms with Gasteiger partial charge < -0.3 is 18.9 Å². The molecule has 0 radical (unpaired) electrons. The molecule has 1 aliphatic rings. The number of ether oxygens (including phenoxy) is 4. The molecule has 8 nitrogen and oxygen atoms in total. The Morgan fingerprint density at radius 2 is 2.03 bits per heavy atom. The van der Waals surface area contributed by atoms with Crippen molar-refractivity contribution >= 4 is 18.4 Å². The summed E-state index contributed by atoms with van der Waals surface area (Å²) in [5.74, 6) is 3.46. The molecule has 0 saturated carbocycles. The maximum absolute atomic E-state index is 5.98. The second kappa shape index (κ2) is 8.36. The minimum absolute atomic E-state index is 0.251. The highest BCUT2D eigenvalue weighted by Gasteiger charge is 2.14. The van der Waals surface area contributed by atoms with Crippen LogP contribution in [0.5, 0.6) is 23.0 Å². The molecule has 2 aromatic carbocycles. The van der Waals surface area contributed by atoms with E-state index >= 15 is 0 Å². The fourth-order valence-electron chi connectivity index (χ4n) is 2.82. The van der Waals surface area contributed by atoms with Crippen molar-refractivity contribution in [1.82, 2.24) is 14.9 Å². The molecule has 1 aliphatic heterocycles. The van der Waals surface area contributed by atoms with Gasteiger partial charge in [-0.15, -0.1) is 0 Å². The predicted octanol–water partition coefficient (Wildman–Crippen LogP) is 3.84. The molecule has 2 heterocycles. The zero-order valence-corrected chi connectivity index (χ0v) is 16.9. The van der Waals surface area contributed by atoms with Gasteiger partial charge in [-0.25, -0.2) is 0 Å². The minimum atomic E-state index is 0.251. The number of aromatic nitrogens is 3. The van der Waals surface area contributed by atoms with Crippen LogP contribution in [0.15, 0.2) is 41.5 Å². The molecule has 0 saturated heterocycles. The topological polar surface area (TPSA) is 82.9 Å². The number of nitrogens with zero attached hydrogens (tertiary/aromatic N) is 3. The summed E-state index contributed by atoms with van der Waals surface area (Å²) < 4.78 is 24.5. The second-order valence-corrected chi connectivity index (χ2v) is 6.63. The van der Waals surface area contributed by atoms with E-state index in [0.29, 0.717) is 35.3 Å². The van der Waals surface area contributed by atoms with E-state index < -0.39 is 0 Å². The highest BCUT2D eigenvalue weighted by Crippen LogP contribution is 2.34. The first-order chi connectivity index (χ1) is 14.1. The Balaban J connectivity index is 1.50. The van der Waals surface area contributed by atoms with Crippen LogP contribution in [0.25, 0.3) is 0 Å². The normalized spacial score (nSPS) is 12.5. The summed E-state index contributed by atoms with van der Waals surface area (Å²) in [7, 11) is 0. The number of fused-ring (bicyclic) bond motifs is 1. The molecular formula is C20H20N4O4S. The molecule has 0 amide bonds. The van der Waals surface area contributed by atoms with Crippen LogP contribution in [0.3, 0.4) is 0 Å². The highest BCUT2D eigenvalue weighted by atomic mass is 32.1. The third-order valence-electron chi connectivity index (χ3n) is 4.23. The fraction of sp³-hybridized carbons (Fsp3) is 0.250. The zero-order chi connectivity index (χ0) is 20.2. The van der Waals surface area contributed by atoms with Crippen LogP contribution >= 0.6 is 12.2 Å². The van der Waals surface area contributed by atoms with Gasteiger partial charge in [-0.3, -0.25) is 5.10 Å². The summed E-state index contributed by atoms with van der Waals surface area (Å²) in [6.45, 7) is 4.90. The summed E-state index contributed by atoms with van der Waals surface area (Å²) in [5.41, 5.74) is 1.83. The number of H-pyrrole nitrogens is 1. The van der Waals surface area contributed by atoms with Crippen molar-refractivity contribution in [1.29, 1.82) is 0 Å². The van der Waals surface area contributed by atoms with Gasteiger partial charge in [-0.1, -0.05) is 6.07 Å². The van der Waals surface area contributed by atoms with Crippen LogP contribution < -0.4 is 18.9 Å². The summed E-state index contributed by atoms with van der Waals surface area (Å²) >= 11 is 5.16. The van der Waals surface area contributed by atoms with Gasteiger partial charge in [0, 0.05) is 0 Å². The highest BCUT2D eigenvalue weighted by molar-refractivity contribution is 7.71. The van der Waals surface area contributed by atoms with Crippen molar-refractivity contribution in [2.24, 2.45) is 5.10 Å². The largest absolute Gasteiger partial charge is 0.490 e. The molecule has 0 bridgehead atoms. The summed E-state index contributed by atoms with van der Waals surface area (Å²) in [6.07, 6.45) is 1.70. The van der Waals surface area contributed by atoms with Crippen molar-refractivity contribution in [2.45, 2.75) is 20.5 Å². The standard InChI is InChI=1S/C20H20N4O4S/c1-3-25-18-8-14(10-21-24-13(2)22-23-20(24)29)4-6-16(18)26-11-15-5-7-17-19(9-15)28-12-27-17/h4-10H,3,11-12H2,1-2H3,(H,23,29)/b21-10-. The monoisotopic (exact) mass is 412 g/mol. The van der Waals surface area contributed by atoms with Crippen molar-refractivity contribution in [3.05, 3.63) is 58.1 Å². The van der Waals surface area contributed by atoms with E-state index in [1.807, 2.05) is 50.2 Å². The Hall–Kier alpha value is -3.33. The van der Waals surface area contributed by atoms with Crippen LogP contribution in [-0.4, -0.2) is 34.5 Å². The first kappa shape index (κ1) is 19.0. The fourth-order valence-corrected chi connectivity index (χ4v) is 3.04. The summed E-state index contributed by atoms with van der Waals surface area (Å²) in [5, 5.41) is 11.1. The van der Waals surface area contributed by atoms with Crippen molar-refractivity contribution in [2.75, 3.05) is 13.4 Å². The smallest absolute Gasteiger partial charge is 0.231 e. The molecule has 4 rings (SSSR count). The van der Waals surface area contributed by atoms with E-state index in [2.05, 4.69) is 15.3 Å². The third kappa shape index (κ3) is 4.24. The molecule has 0 aliphatic carbocycles. The number of nitrogens with one attached hydrogen (secondary N) is 1. The predicted molar refractivity (Wildman–Crippen MR) is 110 cm³/mol. The number of rotatable bonds is 7. The second-order valence-electron chi connectivity index (χ2n) is 6.25. The first-order valence-corrected chi connectivity index (χ1v) is 9.51. The lowest BCUT2D eigenvalue weighted by Crippen LogP contribution is -2.01. The number of aryl methyl sites for hydroxylation is 1. The molecule has 150 valence electrons. The lowest BCUT2D eigenvalue weighted by Gasteiger charge is -2.13. The minimum Gasteiger partial charge on any atom is -0.490 e. The SMILES string of the molecule is CCOc1cc(/C=N\n2c(C)n[nH]c2=S)ccc1OCc1ccc2c(c1)OCO2. The number of hydrogen-bond acceptors (Lipinski definition) is 7. The Bertz CT molecular complexity index is 1110. The zero-order valence-electron chi connectivity index (χ0n) is 16.0. The van der Waals surface area contributed by atoms with Crippen molar-refractivity contribution < 1.29 is 18.9 Å². The number of hydrogen-bond donors (Lipinski definition) is 1. The van der Waals surface area contributed by atoms with E-state index in [-0.39, 0.29) is 6.79 Å². The Morgan fingerprint density at radius 1 is 1.17 bits per heavy atom. The van der Waals surface area contributed by atoms with Crippen molar-refractivity contribution in [3.63, 3.8) is 0 Å². The first-order valence-electron chi connectivity index (χ1n) is 9.10. The lowest BCUT2D eigenvalue weighted by molar-refractivity contribution is 0.174. The van der Waals surface area contributed by atoms with Gasteiger partial charge >= 0.3 is 0 Å². The lowest BCUT2D eigenvalue weighted by atomic mass is 10.2. The van der Waals surface area contributed by atoms with Crippen LogP contribution in [0.1, 0.15) is 23.9 Å². The molecule has 0 unspecified atom stereocenters. The number of aromatic amines is 1. The molecular weight excluding hydrogens is 392 g/mol. The third-order valence-corrected chi connectivity index (χ3v) is 4.50. The average molecular weight is 412 g/mol. The van der Waals surface area contributed by atoms with Crippen LogP contribution in [0, 0.1) is 11.7 Å². The summed E-state index contributed by atoms with van der Waals surface area (Å²) in [4.78, 5) is 0. The van der Waals surface area contributed by atoms with E-state index in [1.165, 1.54) is 0 Å². The number of benzene rings is 2. The van der Waals surface area contributed by atoms with Gasteiger partial charge in [0.2, 0.25) is 11.6 Å². The van der Waals surface area contributed by atoms with Crippen molar-refractivity contribution in [3.8, 4) is 23.0 Å². The van der Waals surface area contributed by atoms with E-state index in [4.69, 9.17) is 31.2 Å². The van der Waals surface area contributed by atoms with Crippen LogP contribution in [0.4, 0.5) is 0 Å². The van der Waals surface area contributed by atoms with E-state index in [9.17, 15) is 0 Å². The van der Waals surface area contributed by atoms with Gasteiger partial charge in [-0.2, -0.15) is 14.9 Å². The summed E-state index contributed by atoms with van der Waals surface area (Å²) in [6, 6.07) is 11.4. The van der Waals surface area contributed by atoms with Gasteiger partial charge in [-0.05, 0) is 67.5 Å². The maximum Gasteiger partial charge on any atom is 0.231 e. The maximum atomic E-state index is 5.98. The van der Waals surface area contributed by atoms with Gasteiger partial charge in [0.15, 0.2) is 23.0 Å². The average Bonchev–Trinajstić information content (AvgIpc) is 3.32. The Kier molecular flexibility index (Phi) is 5.48. The van der Waals surface area contributed by atoms with E-state index in [0.717, 1.165) is 22.6 Å². The van der Waals surface area contributed by atoms with Crippen LogP contribution in [0.2, 0.25) is 0 Å². The Labute approximate surface area is 172 Å². The molecule has 29 heavy (non-hydrogen) atoms. The Morgan fingerprint density at radius 3 is 2.83 bits per heavy atom.